The molecule has 0 amide bonds. The third-order valence-electron chi connectivity index (χ3n) is 2.78. The lowest BCUT2D eigenvalue weighted by atomic mass is 10.1. The van der Waals surface area contributed by atoms with Crippen LogP contribution in [0.3, 0.4) is 0 Å². The molecule has 5 heteroatoms. The maximum Gasteiger partial charge on any atom is 0.222 e. The van der Waals surface area contributed by atoms with E-state index < -0.39 is 0 Å². The monoisotopic (exact) mass is 222 g/mol. The maximum atomic E-state index is 5.72. The zero-order valence-corrected chi connectivity index (χ0v) is 9.76. The first-order valence-corrected chi connectivity index (χ1v) is 5.59. The van der Waals surface area contributed by atoms with Gasteiger partial charge in [0.2, 0.25) is 5.95 Å². The average Bonchev–Trinajstić information content (AvgIpc) is 2.30. The molecular weight excluding hydrogens is 204 g/mol. The Balaban J connectivity index is 1.90. The summed E-state index contributed by atoms with van der Waals surface area (Å²) < 4.78 is 5.72. The molecule has 1 N–H and O–H groups in total. The van der Waals surface area contributed by atoms with Gasteiger partial charge in [0.15, 0.2) is 0 Å². The SMILES string of the molecule is CC(Nc1ncccn1)C1CN(C)CCO1. The van der Waals surface area contributed by atoms with Gasteiger partial charge in [0, 0.05) is 25.5 Å². The van der Waals surface area contributed by atoms with Crippen molar-refractivity contribution in [1.29, 1.82) is 0 Å². The predicted molar refractivity (Wildman–Crippen MR) is 62.4 cm³/mol. The van der Waals surface area contributed by atoms with Crippen LogP contribution in [0.2, 0.25) is 0 Å². The van der Waals surface area contributed by atoms with Crippen LogP contribution in [0.4, 0.5) is 5.95 Å². The molecule has 1 aromatic heterocycles. The minimum atomic E-state index is 0.197. The van der Waals surface area contributed by atoms with E-state index in [9.17, 15) is 0 Å². The van der Waals surface area contributed by atoms with Gasteiger partial charge in [-0.15, -0.1) is 0 Å². The molecule has 2 heterocycles. The zero-order chi connectivity index (χ0) is 11.4. The molecule has 2 atom stereocenters. The highest BCUT2D eigenvalue weighted by Gasteiger charge is 2.23. The Bertz CT molecular complexity index is 319. The van der Waals surface area contributed by atoms with Crippen LogP contribution in [0.25, 0.3) is 0 Å². The first-order chi connectivity index (χ1) is 7.75. The molecule has 1 aliphatic rings. The van der Waals surface area contributed by atoms with Gasteiger partial charge >= 0.3 is 0 Å². The Morgan fingerprint density at radius 3 is 2.94 bits per heavy atom. The second-order valence-electron chi connectivity index (χ2n) is 4.18. The van der Waals surface area contributed by atoms with Crippen LogP contribution in [-0.4, -0.2) is 53.8 Å². The van der Waals surface area contributed by atoms with Crippen molar-refractivity contribution in [3.05, 3.63) is 18.5 Å². The average molecular weight is 222 g/mol. The fourth-order valence-corrected chi connectivity index (χ4v) is 1.78. The minimum Gasteiger partial charge on any atom is -0.373 e. The number of hydrogen-bond acceptors (Lipinski definition) is 5. The second kappa shape index (κ2) is 5.23. The largest absolute Gasteiger partial charge is 0.373 e. The van der Waals surface area contributed by atoms with Crippen molar-refractivity contribution in [2.45, 2.75) is 19.1 Å². The number of morpholine rings is 1. The summed E-state index contributed by atoms with van der Waals surface area (Å²) in [5, 5.41) is 3.26. The van der Waals surface area contributed by atoms with Crippen molar-refractivity contribution >= 4 is 5.95 Å². The van der Waals surface area contributed by atoms with Gasteiger partial charge in [0.25, 0.3) is 0 Å². The van der Waals surface area contributed by atoms with Crippen molar-refractivity contribution in [3.8, 4) is 0 Å². The number of hydrogen-bond donors (Lipinski definition) is 1. The Kier molecular flexibility index (Phi) is 3.69. The van der Waals surface area contributed by atoms with Gasteiger partial charge in [0.1, 0.15) is 0 Å². The van der Waals surface area contributed by atoms with Gasteiger partial charge in [-0.3, -0.25) is 0 Å². The quantitative estimate of drug-likeness (QED) is 0.812. The number of nitrogens with one attached hydrogen (secondary N) is 1. The molecule has 88 valence electrons. The number of rotatable bonds is 3. The van der Waals surface area contributed by atoms with Gasteiger partial charge in [-0.1, -0.05) is 0 Å². The van der Waals surface area contributed by atoms with Crippen molar-refractivity contribution in [1.82, 2.24) is 14.9 Å². The summed E-state index contributed by atoms with van der Waals surface area (Å²) in [5.74, 6) is 0.659. The van der Waals surface area contributed by atoms with E-state index in [0.717, 1.165) is 19.7 Å². The molecular formula is C11H18N4O. The Morgan fingerprint density at radius 1 is 1.50 bits per heavy atom. The minimum absolute atomic E-state index is 0.197. The second-order valence-corrected chi connectivity index (χ2v) is 4.18. The smallest absolute Gasteiger partial charge is 0.222 e. The molecule has 0 saturated carbocycles. The van der Waals surface area contributed by atoms with Gasteiger partial charge < -0.3 is 15.0 Å². The van der Waals surface area contributed by atoms with E-state index >= 15 is 0 Å². The van der Waals surface area contributed by atoms with E-state index in [1.165, 1.54) is 0 Å². The number of likely N-dealkylation sites (N-methyl/N-ethyl adjacent to an activating group) is 1. The Hall–Kier alpha value is -1.20. The lowest BCUT2D eigenvalue weighted by molar-refractivity contribution is -0.0260. The van der Waals surface area contributed by atoms with Crippen LogP contribution in [-0.2, 0) is 4.74 Å². The van der Waals surface area contributed by atoms with Crippen molar-refractivity contribution < 1.29 is 4.74 Å². The number of nitrogens with zero attached hydrogens (tertiary/aromatic N) is 3. The summed E-state index contributed by atoms with van der Waals surface area (Å²) in [6, 6.07) is 2.02. The molecule has 5 nitrogen and oxygen atoms in total. The first-order valence-electron chi connectivity index (χ1n) is 5.59. The molecule has 1 aromatic rings. The summed E-state index contributed by atoms with van der Waals surface area (Å²) in [6.45, 7) is 4.84. The molecule has 2 unspecified atom stereocenters. The molecule has 0 aliphatic carbocycles. The summed E-state index contributed by atoms with van der Waals surface area (Å²) in [7, 11) is 2.11. The summed E-state index contributed by atoms with van der Waals surface area (Å²) in [5.41, 5.74) is 0. The fraction of sp³-hybridized carbons (Fsp3) is 0.636. The van der Waals surface area contributed by atoms with Crippen LogP contribution < -0.4 is 5.32 Å². The third-order valence-corrected chi connectivity index (χ3v) is 2.78. The van der Waals surface area contributed by atoms with E-state index in [0.29, 0.717) is 5.95 Å². The zero-order valence-electron chi connectivity index (χ0n) is 9.76. The fourth-order valence-electron chi connectivity index (χ4n) is 1.78. The third kappa shape index (κ3) is 2.90. The molecule has 1 aliphatic heterocycles. The van der Waals surface area contributed by atoms with Crippen LogP contribution in [0.15, 0.2) is 18.5 Å². The van der Waals surface area contributed by atoms with Crippen LogP contribution in [0.5, 0.6) is 0 Å². The number of anilines is 1. The van der Waals surface area contributed by atoms with Gasteiger partial charge in [-0.25, -0.2) is 9.97 Å². The summed E-state index contributed by atoms with van der Waals surface area (Å²) >= 11 is 0. The maximum absolute atomic E-state index is 5.72. The van der Waals surface area contributed by atoms with E-state index in [1.807, 2.05) is 0 Å². The number of aromatic nitrogens is 2. The van der Waals surface area contributed by atoms with Crippen molar-refractivity contribution in [3.63, 3.8) is 0 Å². The molecule has 0 spiro atoms. The van der Waals surface area contributed by atoms with E-state index in [1.54, 1.807) is 18.5 Å². The van der Waals surface area contributed by atoms with Gasteiger partial charge in [-0.2, -0.15) is 0 Å². The van der Waals surface area contributed by atoms with E-state index in [-0.39, 0.29) is 12.1 Å². The normalized spacial score (nSPS) is 24.0. The summed E-state index contributed by atoms with van der Waals surface area (Å²) in [4.78, 5) is 10.6. The van der Waals surface area contributed by atoms with E-state index in [2.05, 4.69) is 34.2 Å². The van der Waals surface area contributed by atoms with Gasteiger partial charge in [-0.05, 0) is 20.0 Å². The number of ether oxygens (including phenoxy) is 1. The van der Waals surface area contributed by atoms with E-state index in [4.69, 9.17) is 4.74 Å². The van der Waals surface area contributed by atoms with Crippen LogP contribution >= 0.6 is 0 Å². The lowest BCUT2D eigenvalue weighted by Gasteiger charge is -2.33. The standard InChI is InChI=1S/C11H18N4O/c1-9(10-8-15(2)6-7-16-10)14-11-12-4-3-5-13-11/h3-5,9-10H,6-8H2,1-2H3,(H,12,13,14). The highest BCUT2D eigenvalue weighted by atomic mass is 16.5. The van der Waals surface area contributed by atoms with Crippen molar-refractivity contribution in [2.24, 2.45) is 0 Å². The lowest BCUT2D eigenvalue weighted by Crippen LogP contribution is -2.47. The highest BCUT2D eigenvalue weighted by molar-refractivity contribution is 5.24. The molecule has 0 bridgehead atoms. The predicted octanol–water partition coefficient (Wildman–Crippen LogP) is 0.608. The topological polar surface area (TPSA) is 50.3 Å². The molecule has 1 fully saturated rings. The Morgan fingerprint density at radius 2 is 2.25 bits per heavy atom. The first kappa shape index (κ1) is 11.3. The molecule has 1 saturated heterocycles. The molecule has 16 heavy (non-hydrogen) atoms. The molecule has 0 aromatic carbocycles. The molecule has 2 rings (SSSR count). The highest BCUT2D eigenvalue weighted by Crippen LogP contribution is 2.10. The van der Waals surface area contributed by atoms with Crippen LogP contribution in [0.1, 0.15) is 6.92 Å². The van der Waals surface area contributed by atoms with Gasteiger partial charge in [0.05, 0.1) is 18.8 Å². The Labute approximate surface area is 95.8 Å². The molecule has 0 radical (unpaired) electrons. The van der Waals surface area contributed by atoms with Crippen molar-refractivity contribution in [2.75, 3.05) is 32.1 Å². The summed E-state index contributed by atoms with van der Waals surface area (Å²) in [6.07, 6.45) is 3.66. The van der Waals surface area contributed by atoms with Crippen LogP contribution in [0, 0.1) is 0 Å².